The number of hydrogen-bond acceptors (Lipinski definition) is 2. The highest BCUT2D eigenvalue weighted by Gasteiger charge is 2.29. The lowest BCUT2D eigenvalue weighted by Gasteiger charge is -2.21. The second kappa shape index (κ2) is 5.07. The third-order valence-electron chi connectivity index (χ3n) is 3.71. The van der Waals surface area contributed by atoms with Crippen LogP contribution in [-0.2, 0) is 0 Å². The number of aromatic amines is 1. The molecule has 0 radical (unpaired) electrons. The van der Waals surface area contributed by atoms with E-state index in [-0.39, 0.29) is 11.6 Å². The highest BCUT2D eigenvalue weighted by atomic mass is 16.4. The molecular weight excluding hydrogens is 244 g/mol. The first kappa shape index (κ1) is 13.6. The number of amides is 1. The average Bonchev–Trinajstić information content (AvgIpc) is 3.11. The zero-order chi connectivity index (χ0) is 14.2. The van der Waals surface area contributed by atoms with E-state index in [0.29, 0.717) is 29.3 Å². The van der Waals surface area contributed by atoms with Crippen LogP contribution in [0.15, 0.2) is 0 Å². The summed E-state index contributed by atoms with van der Waals surface area (Å²) < 4.78 is 0. The molecule has 0 aromatic carbocycles. The second-order valence-corrected chi connectivity index (χ2v) is 5.22. The second-order valence-electron chi connectivity index (χ2n) is 5.22. The molecule has 1 aromatic heterocycles. The Hall–Kier alpha value is -1.78. The molecule has 2 rings (SSSR count). The van der Waals surface area contributed by atoms with Crippen LogP contribution < -0.4 is 0 Å². The van der Waals surface area contributed by atoms with Crippen LogP contribution >= 0.6 is 0 Å². The molecule has 0 spiro atoms. The van der Waals surface area contributed by atoms with Crippen LogP contribution in [0.1, 0.15) is 51.9 Å². The van der Waals surface area contributed by atoms with Crippen molar-refractivity contribution in [2.45, 2.75) is 33.6 Å². The maximum atomic E-state index is 12.5. The lowest BCUT2D eigenvalue weighted by Crippen LogP contribution is -2.33. The Labute approximate surface area is 112 Å². The van der Waals surface area contributed by atoms with E-state index in [0.717, 1.165) is 6.54 Å². The van der Waals surface area contributed by atoms with Crippen LogP contribution in [0.3, 0.4) is 0 Å². The van der Waals surface area contributed by atoms with Gasteiger partial charge in [-0.1, -0.05) is 0 Å². The van der Waals surface area contributed by atoms with E-state index in [2.05, 4.69) is 4.98 Å². The number of hydrogen-bond donors (Lipinski definition) is 2. The van der Waals surface area contributed by atoms with Crippen LogP contribution in [0, 0.1) is 19.8 Å². The maximum Gasteiger partial charge on any atom is 0.352 e. The van der Waals surface area contributed by atoms with E-state index in [1.54, 1.807) is 13.8 Å². The Bertz CT molecular complexity index is 515. The average molecular weight is 264 g/mol. The Kier molecular flexibility index (Phi) is 3.64. The van der Waals surface area contributed by atoms with Gasteiger partial charge in [0.1, 0.15) is 5.69 Å². The van der Waals surface area contributed by atoms with Gasteiger partial charge in [-0.15, -0.1) is 0 Å². The summed E-state index contributed by atoms with van der Waals surface area (Å²) in [6.07, 6.45) is 2.38. The molecular formula is C14H20N2O3. The van der Waals surface area contributed by atoms with Gasteiger partial charge in [-0.2, -0.15) is 0 Å². The Morgan fingerprint density at radius 2 is 2.00 bits per heavy atom. The van der Waals surface area contributed by atoms with Crippen molar-refractivity contribution >= 4 is 11.9 Å². The van der Waals surface area contributed by atoms with Crippen molar-refractivity contribution in [3.8, 4) is 0 Å². The molecule has 0 saturated heterocycles. The molecule has 1 aromatic rings. The molecule has 2 N–H and O–H groups in total. The number of aromatic nitrogens is 1. The topological polar surface area (TPSA) is 73.4 Å². The highest BCUT2D eigenvalue weighted by molar-refractivity contribution is 6.00. The molecule has 1 aliphatic carbocycles. The Morgan fingerprint density at radius 1 is 1.37 bits per heavy atom. The van der Waals surface area contributed by atoms with E-state index >= 15 is 0 Å². The summed E-state index contributed by atoms with van der Waals surface area (Å²) in [6, 6.07) is 0. The van der Waals surface area contributed by atoms with E-state index < -0.39 is 5.97 Å². The fourth-order valence-electron chi connectivity index (χ4n) is 2.41. The smallest absolute Gasteiger partial charge is 0.352 e. The van der Waals surface area contributed by atoms with Crippen molar-refractivity contribution in [2.75, 3.05) is 13.1 Å². The molecule has 1 aliphatic rings. The maximum absolute atomic E-state index is 12.5. The SMILES string of the molecule is CCN(CC1CC1)C(=O)c1c(C)[nH]c(C(=O)O)c1C. The summed E-state index contributed by atoms with van der Waals surface area (Å²) in [7, 11) is 0. The number of carbonyl (C=O) groups is 2. The molecule has 5 heteroatoms. The van der Waals surface area contributed by atoms with Crippen LogP contribution in [-0.4, -0.2) is 40.0 Å². The zero-order valence-corrected chi connectivity index (χ0v) is 11.6. The number of carboxylic acids is 1. The number of rotatable bonds is 5. The van der Waals surface area contributed by atoms with Crippen LogP contribution in [0.4, 0.5) is 0 Å². The molecule has 0 bridgehead atoms. The number of nitrogens with one attached hydrogen (secondary N) is 1. The largest absolute Gasteiger partial charge is 0.477 e. The number of H-pyrrole nitrogens is 1. The van der Waals surface area contributed by atoms with Gasteiger partial charge in [-0.05, 0) is 45.1 Å². The van der Waals surface area contributed by atoms with Gasteiger partial charge in [0.15, 0.2) is 0 Å². The molecule has 0 atom stereocenters. The van der Waals surface area contributed by atoms with Crippen LogP contribution in [0.2, 0.25) is 0 Å². The van der Waals surface area contributed by atoms with Gasteiger partial charge in [0.25, 0.3) is 5.91 Å². The van der Waals surface area contributed by atoms with Gasteiger partial charge >= 0.3 is 5.97 Å². The summed E-state index contributed by atoms with van der Waals surface area (Å²) in [5, 5.41) is 9.08. The minimum absolute atomic E-state index is 0.0619. The quantitative estimate of drug-likeness (QED) is 0.856. The molecule has 1 saturated carbocycles. The van der Waals surface area contributed by atoms with Gasteiger partial charge in [0.05, 0.1) is 5.56 Å². The van der Waals surface area contributed by atoms with Crippen LogP contribution in [0.25, 0.3) is 0 Å². The number of carbonyl (C=O) groups excluding carboxylic acids is 1. The summed E-state index contributed by atoms with van der Waals surface area (Å²) in [5.41, 5.74) is 1.79. The van der Waals surface area contributed by atoms with Gasteiger partial charge in [0.2, 0.25) is 0 Å². The molecule has 0 unspecified atom stereocenters. The number of nitrogens with zero attached hydrogens (tertiary/aromatic N) is 1. The third kappa shape index (κ3) is 2.64. The molecule has 1 heterocycles. The predicted octanol–water partition coefficient (Wildman–Crippen LogP) is 2.20. The van der Waals surface area contributed by atoms with Crippen LogP contribution in [0.5, 0.6) is 0 Å². The summed E-state index contributed by atoms with van der Waals surface area (Å²) >= 11 is 0. The van der Waals surface area contributed by atoms with Gasteiger partial charge < -0.3 is 15.0 Å². The molecule has 104 valence electrons. The minimum Gasteiger partial charge on any atom is -0.477 e. The fourth-order valence-corrected chi connectivity index (χ4v) is 2.41. The Balaban J connectivity index is 2.28. The molecule has 0 aliphatic heterocycles. The van der Waals surface area contributed by atoms with Gasteiger partial charge in [-0.25, -0.2) is 4.79 Å². The standard InChI is InChI=1S/C14H20N2O3/c1-4-16(7-10-5-6-10)13(17)11-8(2)12(14(18)19)15-9(11)3/h10,15H,4-7H2,1-3H3,(H,18,19). The van der Waals surface area contributed by atoms with E-state index in [4.69, 9.17) is 5.11 Å². The lowest BCUT2D eigenvalue weighted by molar-refractivity contribution is 0.0690. The van der Waals surface area contributed by atoms with E-state index in [1.165, 1.54) is 12.8 Å². The van der Waals surface area contributed by atoms with Crippen molar-refractivity contribution in [3.63, 3.8) is 0 Å². The number of aryl methyl sites for hydroxylation is 1. The van der Waals surface area contributed by atoms with E-state index in [9.17, 15) is 9.59 Å². The fraction of sp³-hybridized carbons (Fsp3) is 0.571. The predicted molar refractivity (Wildman–Crippen MR) is 71.5 cm³/mol. The van der Waals surface area contributed by atoms with Crippen molar-refractivity contribution in [2.24, 2.45) is 5.92 Å². The van der Waals surface area contributed by atoms with Crippen molar-refractivity contribution in [1.82, 2.24) is 9.88 Å². The Morgan fingerprint density at radius 3 is 2.42 bits per heavy atom. The monoisotopic (exact) mass is 264 g/mol. The van der Waals surface area contributed by atoms with Crippen molar-refractivity contribution < 1.29 is 14.7 Å². The normalized spacial score (nSPS) is 14.5. The van der Waals surface area contributed by atoms with Gasteiger partial charge in [0, 0.05) is 18.8 Å². The summed E-state index contributed by atoms with van der Waals surface area (Å²) in [6.45, 7) is 6.82. The summed E-state index contributed by atoms with van der Waals surface area (Å²) in [5.74, 6) is -0.458. The van der Waals surface area contributed by atoms with E-state index in [1.807, 2.05) is 11.8 Å². The highest BCUT2D eigenvalue weighted by Crippen LogP contribution is 2.30. The first-order chi connectivity index (χ1) is 8.95. The van der Waals surface area contributed by atoms with Gasteiger partial charge in [-0.3, -0.25) is 4.79 Å². The van der Waals surface area contributed by atoms with Crippen molar-refractivity contribution in [1.29, 1.82) is 0 Å². The molecule has 1 amide bonds. The summed E-state index contributed by atoms with van der Waals surface area (Å²) in [4.78, 5) is 28.2. The lowest BCUT2D eigenvalue weighted by atomic mass is 10.1. The first-order valence-corrected chi connectivity index (χ1v) is 6.67. The molecule has 19 heavy (non-hydrogen) atoms. The zero-order valence-electron chi connectivity index (χ0n) is 11.6. The van der Waals surface area contributed by atoms with Crippen molar-refractivity contribution in [3.05, 3.63) is 22.5 Å². The molecule has 1 fully saturated rings. The number of carboxylic acid groups (broad SMARTS) is 1. The first-order valence-electron chi connectivity index (χ1n) is 6.67. The molecule has 5 nitrogen and oxygen atoms in total. The third-order valence-corrected chi connectivity index (χ3v) is 3.71. The minimum atomic E-state index is -1.02. The number of aromatic carboxylic acids is 1.